The second-order valence-electron chi connectivity index (χ2n) is 5.63. The topological polar surface area (TPSA) is 15.3 Å². The maximum atomic E-state index is 3.76. The summed E-state index contributed by atoms with van der Waals surface area (Å²) < 4.78 is 0. The van der Waals surface area contributed by atoms with Crippen molar-refractivity contribution in [1.29, 1.82) is 0 Å². The molecule has 0 aromatic rings. The molecule has 0 radical (unpaired) electrons. The van der Waals surface area contributed by atoms with Gasteiger partial charge in [-0.2, -0.15) is 0 Å². The molecule has 0 saturated heterocycles. The highest BCUT2D eigenvalue weighted by Gasteiger charge is 2.44. The van der Waals surface area contributed by atoms with Gasteiger partial charge in [0.2, 0.25) is 0 Å². The van der Waals surface area contributed by atoms with Gasteiger partial charge in [0, 0.05) is 11.6 Å². The van der Waals surface area contributed by atoms with Crippen LogP contribution >= 0.6 is 0 Å². The minimum atomic E-state index is 0.408. The Hall–Kier alpha value is -0.0800. The standard InChI is InChI=1S/C14H30N2/c1-6-12(3)13(15-7-2)14(16(4)5)10-8-9-11-14/h12-13,15H,6-11H2,1-5H3. The van der Waals surface area contributed by atoms with E-state index in [1.165, 1.54) is 32.1 Å². The van der Waals surface area contributed by atoms with Gasteiger partial charge in [0.05, 0.1) is 0 Å². The molecular formula is C14H30N2. The fourth-order valence-corrected chi connectivity index (χ4v) is 3.40. The zero-order valence-electron chi connectivity index (χ0n) is 11.8. The lowest BCUT2D eigenvalue weighted by Crippen LogP contribution is -2.60. The fraction of sp³-hybridized carbons (Fsp3) is 1.00. The van der Waals surface area contributed by atoms with E-state index >= 15 is 0 Å². The SMILES string of the molecule is CCNC(C(C)CC)C1(N(C)C)CCCC1. The van der Waals surface area contributed by atoms with Crippen LogP contribution in [0.2, 0.25) is 0 Å². The monoisotopic (exact) mass is 226 g/mol. The molecule has 1 N–H and O–H groups in total. The van der Waals surface area contributed by atoms with Crippen molar-refractivity contribution in [2.45, 2.75) is 64.5 Å². The molecule has 96 valence electrons. The average Bonchev–Trinajstić information content (AvgIpc) is 2.75. The summed E-state index contributed by atoms with van der Waals surface area (Å²) in [5.74, 6) is 0.764. The van der Waals surface area contributed by atoms with Gasteiger partial charge in [-0.05, 0) is 39.4 Å². The van der Waals surface area contributed by atoms with Crippen molar-refractivity contribution in [3.63, 3.8) is 0 Å². The van der Waals surface area contributed by atoms with Gasteiger partial charge in [-0.3, -0.25) is 0 Å². The number of rotatable bonds is 6. The Morgan fingerprint density at radius 3 is 2.12 bits per heavy atom. The van der Waals surface area contributed by atoms with E-state index in [1.807, 2.05) is 0 Å². The molecule has 0 bridgehead atoms. The maximum Gasteiger partial charge on any atom is 0.0359 e. The largest absolute Gasteiger partial charge is 0.312 e. The molecule has 2 unspecified atom stereocenters. The number of likely N-dealkylation sites (N-methyl/N-ethyl adjacent to an activating group) is 2. The number of hydrogen-bond acceptors (Lipinski definition) is 2. The van der Waals surface area contributed by atoms with Crippen molar-refractivity contribution in [2.24, 2.45) is 5.92 Å². The molecule has 0 heterocycles. The molecule has 0 spiro atoms. The predicted molar refractivity (Wildman–Crippen MR) is 71.8 cm³/mol. The van der Waals surface area contributed by atoms with Crippen molar-refractivity contribution in [1.82, 2.24) is 10.2 Å². The first-order valence-electron chi connectivity index (χ1n) is 6.99. The van der Waals surface area contributed by atoms with E-state index in [4.69, 9.17) is 0 Å². The van der Waals surface area contributed by atoms with Crippen molar-refractivity contribution >= 4 is 0 Å². The quantitative estimate of drug-likeness (QED) is 0.749. The van der Waals surface area contributed by atoms with Crippen LogP contribution in [0, 0.1) is 5.92 Å². The van der Waals surface area contributed by atoms with Gasteiger partial charge in [0.1, 0.15) is 0 Å². The van der Waals surface area contributed by atoms with Gasteiger partial charge in [0.25, 0.3) is 0 Å². The van der Waals surface area contributed by atoms with Gasteiger partial charge < -0.3 is 10.2 Å². The maximum absolute atomic E-state index is 3.76. The minimum Gasteiger partial charge on any atom is -0.312 e. The van der Waals surface area contributed by atoms with E-state index in [-0.39, 0.29) is 0 Å². The summed E-state index contributed by atoms with van der Waals surface area (Å²) in [6, 6.07) is 0.653. The van der Waals surface area contributed by atoms with Gasteiger partial charge in [-0.15, -0.1) is 0 Å². The second-order valence-corrected chi connectivity index (χ2v) is 5.63. The fourth-order valence-electron chi connectivity index (χ4n) is 3.40. The van der Waals surface area contributed by atoms with E-state index in [9.17, 15) is 0 Å². The first-order valence-corrected chi connectivity index (χ1v) is 6.99. The van der Waals surface area contributed by atoms with Crippen LogP contribution in [0.3, 0.4) is 0 Å². The highest BCUT2D eigenvalue weighted by Crippen LogP contribution is 2.39. The summed E-state index contributed by atoms with van der Waals surface area (Å²) in [5, 5.41) is 3.76. The summed E-state index contributed by atoms with van der Waals surface area (Å²) in [5.41, 5.74) is 0.408. The molecule has 1 rings (SSSR count). The normalized spacial score (nSPS) is 23.6. The molecule has 1 aliphatic carbocycles. The predicted octanol–water partition coefficient (Wildman–Crippen LogP) is 2.89. The third-order valence-electron chi connectivity index (χ3n) is 4.58. The van der Waals surface area contributed by atoms with Crippen molar-refractivity contribution in [2.75, 3.05) is 20.6 Å². The third-order valence-corrected chi connectivity index (χ3v) is 4.58. The molecule has 1 saturated carbocycles. The summed E-state index contributed by atoms with van der Waals surface area (Å²) in [6.45, 7) is 8.03. The number of nitrogens with one attached hydrogen (secondary N) is 1. The minimum absolute atomic E-state index is 0.408. The summed E-state index contributed by atoms with van der Waals surface area (Å²) in [4.78, 5) is 2.49. The smallest absolute Gasteiger partial charge is 0.0359 e. The van der Waals surface area contributed by atoms with Crippen LogP contribution in [0.1, 0.15) is 52.9 Å². The molecular weight excluding hydrogens is 196 g/mol. The van der Waals surface area contributed by atoms with Gasteiger partial charge in [-0.1, -0.05) is 40.0 Å². The highest BCUT2D eigenvalue weighted by molar-refractivity contribution is 5.03. The van der Waals surface area contributed by atoms with E-state index in [0.29, 0.717) is 11.6 Å². The Labute approximate surface area is 102 Å². The van der Waals surface area contributed by atoms with E-state index in [1.54, 1.807) is 0 Å². The Bertz CT molecular complexity index is 195. The molecule has 0 aromatic carbocycles. The molecule has 2 heteroatoms. The highest BCUT2D eigenvalue weighted by atomic mass is 15.2. The number of nitrogens with zero attached hydrogens (tertiary/aromatic N) is 1. The van der Waals surface area contributed by atoms with Crippen LogP contribution in [-0.4, -0.2) is 37.1 Å². The first kappa shape index (κ1) is 14.0. The van der Waals surface area contributed by atoms with Gasteiger partial charge in [0.15, 0.2) is 0 Å². The van der Waals surface area contributed by atoms with Crippen LogP contribution in [0.15, 0.2) is 0 Å². The molecule has 1 fully saturated rings. The van der Waals surface area contributed by atoms with E-state index < -0.39 is 0 Å². The second kappa shape index (κ2) is 6.02. The Morgan fingerprint density at radius 1 is 1.19 bits per heavy atom. The molecule has 2 nitrogen and oxygen atoms in total. The van der Waals surface area contributed by atoms with E-state index in [0.717, 1.165) is 12.5 Å². The van der Waals surface area contributed by atoms with Crippen LogP contribution in [0.25, 0.3) is 0 Å². The van der Waals surface area contributed by atoms with Crippen molar-refractivity contribution in [3.05, 3.63) is 0 Å². The first-order chi connectivity index (χ1) is 7.58. The Balaban J connectivity index is 2.87. The summed E-state index contributed by atoms with van der Waals surface area (Å²) >= 11 is 0. The van der Waals surface area contributed by atoms with Crippen LogP contribution < -0.4 is 5.32 Å². The van der Waals surface area contributed by atoms with Crippen LogP contribution in [0.5, 0.6) is 0 Å². The Kier molecular flexibility index (Phi) is 5.26. The molecule has 0 aromatic heterocycles. The zero-order valence-corrected chi connectivity index (χ0v) is 11.8. The molecule has 16 heavy (non-hydrogen) atoms. The zero-order chi connectivity index (χ0) is 12.2. The lowest BCUT2D eigenvalue weighted by Gasteiger charge is -2.46. The number of hydrogen-bond donors (Lipinski definition) is 1. The van der Waals surface area contributed by atoms with Crippen LogP contribution in [-0.2, 0) is 0 Å². The van der Waals surface area contributed by atoms with Crippen LogP contribution in [0.4, 0.5) is 0 Å². The van der Waals surface area contributed by atoms with Gasteiger partial charge in [-0.25, -0.2) is 0 Å². The van der Waals surface area contributed by atoms with Gasteiger partial charge >= 0.3 is 0 Å². The molecule has 2 atom stereocenters. The third kappa shape index (κ3) is 2.60. The van der Waals surface area contributed by atoms with Crippen molar-refractivity contribution in [3.8, 4) is 0 Å². The van der Waals surface area contributed by atoms with E-state index in [2.05, 4.69) is 45.1 Å². The molecule has 0 aliphatic heterocycles. The van der Waals surface area contributed by atoms with Crippen molar-refractivity contribution < 1.29 is 0 Å². The average molecular weight is 226 g/mol. The summed E-state index contributed by atoms with van der Waals surface area (Å²) in [6.07, 6.45) is 6.80. The molecule has 1 aliphatic rings. The Morgan fingerprint density at radius 2 is 1.75 bits per heavy atom. The lowest BCUT2D eigenvalue weighted by molar-refractivity contribution is 0.0771. The molecule has 0 amide bonds. The summed E-state index contributed by atoms with van der Waals surface area (Å²) in [7, 11) is 4.52. The lowest BCUT2D eigenvalue weighted by atomic mass is 9.79.